The molecule has 1 aliphatic carbocycles. The van der Waals surface area contributed by atoms with Crippen molar-refractivity contribution in [3.8, 4) is 16.9 Å². The van der Waals surface area contributed by atoms with Crippen molar-refractivity contribution in [2.45, 2.75) is 69.8 Å². The van der Waals surface area contributed by atoms with Crippen LogP contribution in [0.5, 0.6) is 5.75 Å². The van der Waals surface area contributed by atoms with Gasteiger partial charge in [0.2, 0.25) is 0 Å². The van der Waals surface area contributed by atoms with Crippen molar-refractivity contribution < 1.29 is 31.4 Å². The van der Waals surface area contributed by atoms with Crippen LogP contribution in [0.3, 0.4) is 0 Å². The molecular weight excluding hydrogens is 475 g/mol. The van der Waals surface area contributed by atoms with E-state index in [-0.39, 0.29) is 34.5 Å². The Morgan fingerprint density at radius 1 is 1.00 bits per heavy atom. The lowest BCUT2D eigenvalue weighted by Crippen LogP contribution is -2.33. The Balaban J connectivity index is 1.39. The molecule has 7 heteroatoms. The van der Waals surface area contributed by atoms with Crippen LogP contribution in [0.4, 0.5) is 22.0 Å². The van der Waals surface area contributed by atoms with E-state index in [1.807, 2.05) is 13.0 Å². The fraction of sp³-hybridized carbons (Fsp3) is 0.517. The van der Waals surface area contributed by atoms with Crippen molar-refractivity contribution in [1.82, 2.24) is 0 Å². The zero-order valence-electron chi connectivity index (χ0n) is 20.5. The van der Waals surface area contributed by atoms with Crippen LogP contribution >= 0.6 is 0 Å². The number of rotatable bonds is 8. The number of allylic oxidation sites excluding steroid dienone is 1. The molecule has 2 fully saturated rings. The SMILES string of the molecule is C=CC1CCC(C(F)C(F)COc2ccc(-c3ccc(C4CCC(C)OC4)c(F)c3F)cc2F)CC1. The van der Waals surface area contributed by atoms with Gasteiger partial charge in [0.1, 0.15) is 12.8 Å². The lowest BCUT2D eigenvalue weighted by molar-refractivity contribution is 0.0147. The van der Waals surface area contributed by atoms with Crippen molar-refractivity contribution >= 4 is 0 Å². The Morgan fingerprint density at radius 3 is 2.39 bits per heavy atom. The Kier molecular flexibility index (Phi) is 8.70. The topological polar surface area (TPSA) is 18.5 Å². The predicted molar refractivity (Wildman–Crippen MR) is 130 cm³/mol. The number of ether oxygens (including phenoxy) is 2. The molecule has 0 bridgehead atoms. The minimum Gasteiger partial charge on any atom is -0.487 e. The highest BCUT2D eigenvalue weighted by molar-refractivity contribution is 5.66. The van der Waals surface area contributed by atoms with Crippen LogP contribution in [-0.2, 0) is 4.74 Å². The van der Waals surface area contributed by atoms with E-state index in [0.717, 1.165) is 25.3 Å². The molecule has 2 aliphatic rings. The molecule has 1 heterocycles. The minimum atomic E-state index is -1.89. The predicted octanol–water partition coefficient (Wildman–Crippen LogP) is 8.10. The fourth-order valence-electron chi connectivity index (χ4n) is 5.27. The summed E-state index contributed by atoms with van der Waals surface area (Å²) < 4.78 is 84.3. The summed E-state index contributed by atoms with van der Waals surface area (Å²) in [6.45, 7) is 5.39. The van der Waals surface area contributed by atoms with Gasteiger partial charge in [-0.2, -0.15) is 0 Å². The minimum absolute atomic E-state index is 0.0888. The van der Waals surface area contributed by atoms with Gasteiger partial charge >= 0.3 is 0 Å². The van der Waals surface area contributed by atoms with Gasteiger partial charge in [-0.05, 0) is 80.5 Å². The maximum absolute atomic E-state index is 14.9. The quantitative estimate of drug-likeness (QED) is 0.265. The molecule has 0 radical (unpaired) electrons. The smallest absolute Gasteiger partial charge is 0.166 e. The third-order valence-corrected chi connectivity index (χ3v) is 7.64. The second-order valence-corrected chi connectivity index (χ2v) is 10.1. The van der Waals surface area contributed by atoms with Crippen LogP contribution in [0.1, 0.15) is 56.9 Å². The normalized spacial score (nSPS) is 26.3. The highest BCUT2D eigenvalue weighted by Crippen LogP contribution is 2.36. The van der Waals surface area contributed by atoms with Crippen LogP contribution < -0.4 is 4.74 Å². The average molecular weight is 509 g/mol. The first-order valence-electron chi connectivity index (χ1n) is 12.7. The first-order chi connectivity index (χ1) is 17.3. The van der Waals surface area contributed by atoms with E-state index in [4.69, 9.17) is 9.47 Å². The zero-order chi connectivity index (χ0) is 25.8. The van der Waals surface area contributed by atoms with Gasteiger partial charge in [0.25, 0.3) is 0 Å². The summed E-state index contributed by atoms with van der Waals surface area (Å²) in [6.07, 6.45) is 2.55. The summed E-state index contributed by atoms with van der Waals surface area (Å²) in [5.41, 5.74) is 0.279. The van der Waals surface area contributed by atoms with E-state index in [0.29, 0.717) is 31.8 Å². The summed E-state index contributed by atoms with van der Waals surface area (Å²) in [5.74, 6) is -3.44. The lowest BCUT2D eigenvalue weighted by atomic mass is 9.79. The number of benzene rings is 2. The number of alkyl halides is 2. The molecule has 4 rings (SSSR count). The Morgan fingerprint density at radius 2 is 1.75 bits per heavy atom. The third kappa shape index (κ3) is 5.93. The monoisotopic (exact) mass is 508 g/mol. The van der Waals surface area contributed by atoms with Crippen molar-refractivity contribution in [1.29, 1.82) is 0 Å². The highest BCUT2D eigenvalue weighted by atomic mass is 19.2. The van der Waals surface area contributed by atoms with E-state index < -0.39 is 42.3 Å². The van der Waals surface area contributed by atoms with Gasteiger partial charge in [-0.3, -0.25) is 0 Å². The molecule has 0 N–H and O–H groups in total. The molecule has 2 aromatic carbocycles. The van der Waals surface area contributed by atoms with Crippen molar-refractivity contribution in [3.63, 3.8) is 0 Å². The molecule has 4 unspecified atom stereocenters. The molecule has 36 heavy (non-hydrogen) atoms. The summed E-state index contributed by atoms with van der Waals surface area (Å²) in [6, 6.07) is 6.54. The molecule has 196 valence electrons. The number of hydrogen-bond donors (Lipinski definition) is 0. The maximum Gasteiger partial charge on any atom is 0.166 e. The molecule has 4 atom stereocenters. The fourth-order valence-corrected chi connectivity index (χ4v) is 5.27. The number of halogens is 5. The Bertz CT molecular complexity index is 1040. The molecule has 2 aromatic rings. The van der Waals surface area contributed by atoms with Gasteiger partial charge in [0.05, 0.1) is 12.7 Å². The van der Waals surface area contributed by atoms with Crippen LogP contribution in [-0.4, -0.2) is 31.7 Å². The van der Waals surface area contributed by atoms with Crippen molar-refractivity contribution in [2.24, 2.45) is 11.8 Å². The molecule has 0 spiro atoms. The zero-order valence-corrected chi connectivity index (χ0v) is 20.5. The van der Waals surface area contributed by atoms with Crippen LogP contribution in [0.2, 0.25) is 0 Å². The molecule has 1 saturated heterocycles. The summed E-state index contributed by atoms with van der Waals surface area (Å²) in [5, 5.41) is 0. The van der Waals surface area contributed by atoms with E-state index in [9.17, 15) is 22.0 Å². The Hall–Kier alpha value is -2.41. The van der Waals surface area contributed by atoms with Gasteiger partial charge in [-0.15, -0.1) is 6.58 Å². The second kappa shape index (κ2) is 11.8. The average Bonchev–Trinajstić information content (AvgIpc) is 2.89. The first kappa shape index (κ1) is 26.6. The standard InChI is InChI=1S/C29H33F5O2/c1-3-18-5-8-19(9-6-18)27(32)25(31)16-36-26-13-10-20(14-24(26)30)22-11-12-23(29(34)28(22)33)21-7-4-17(2)35-15-21/h3,10-14,17-19,21,25,27H,1,4-9,15-16H2,2H3. The summed E-state index contributed by atoms with van der Waals surface area (Å²) in [7, 11) is 0. The summed E-state index contributed by atoms with van der Waals surface area (Å²) >= 11 is 0. The van der Waals surface area contributed by atoms with E-state index in [2.05, 4.69) is 6.58 Å². The van der Waals surface area contributed by atoms with E-state index in [1.54, 1.807) is 0 Å². The van der Waals surface area contributed by atoms with Crippen molar-refractivity contribution in [2.75, 3.05) is 13.2 Å². The molecule has 0 aromatic heterocycles. The third-order valence-electron chi connectivity index (χ3n) is 7.64. The molecule has 1 aliphatic heterocycles. The largest absolute Gasteiger partial charge is 0.487 e. The van der Waals surface area contributed by atoms with Crippen molar-refractivity contribution in [3.05, 3.63) is 66.0 Å². The van der Waals surface area contributed by atoms with E-state index in [1.165, 1.54) is 24.3 Å². The van der Waals surface area contributed by atoms with Gasteiger partial charge < -0.3 is 9.47 Å². The molecule has 1 saturated carbocycles. The summed E-state index contributed by atoms with van der Waals surface area (Å²) in [4.78, 5) is 0. The number of hydrogen-bond acceptors (Lipinski definition) is 2. The first-order valence-corrected chi connectivity index (χ1v) is 12.7. The van der Waals surface area contributed by atoms with Gasteiger partial charge in [0, 0.05) is 11.5 Å². The second-order valence-electron chi connectivity index (χ2n) is 10.1. The maximum atomic E-state index is 14.9. The van der Waals surface area contributed by atoms with Crippen LogP contribution in [0, 0.1) is 29.3 Å². The Labute approximate surface area is 209 Å². The van der Waals surface area contributed by atoms with Gasteiger partial charge in [0.15, 0.2) is 29.4 Å². The van der Waals surface area contributed by atoms with Crippen LogP contribution in [0.25, 0.3) is 11.1 Å². The molecule has 2 nitrogen and oxygen atoms in total. The van der Waals surface area contributed by atoms with Crippen LogP contribution in [0.15, 0.2) is 43.0 Å². The molecular formula is C29H33F5O2. The lowest BCUT2D eigenvalue weighted by Gasteiger charge is -2.30. The van der Waals surface area contributed by atoms with Gasteiger partial charge in [-0.25, -0.2) is 22.0 Å². The molecule has 0 amide bonds. The van der Waals surface area contributed by atoms with Gasteiger partial charge in [-0.1, -0.05) is 24.3 Å². The highest BCUT2D eigenvalue weighted by Gasteiger charge is 2.33. The van der Waals surface area contributed by atoms with E-state index >= 15 is 0 Å².